The maximum atomic E-state index is 5.48. The van der Waals surface area contributed by atoms with Crippen molar-refractivity contribution < 1.29 is 9.88 Å². The number of nitrogens with zero attached hydrogens (tertiary/aromatic N) is 3. The summed E-state index contributed by atoms with van der Waals surface area (Å²) in [4.78, 5) is 11.6. The number of anilines is 1. The Morgan fingerprint density at radius 1 is 1.11 bits per heavy atom. The fraction of sp³-hybridized carbons (Fsp3) is 0.350. The van der Waals surface area contributed by atoms with E-state index in [1.807, 2.05) is 17.1 Å². The topological polar surface area (TPSA) is 55.4 Å². The van der Waals surface area contributed by atoms with E-state index in [-0.39, 0.29) is 0 Å². The molecule has 1 aromatic carbocycles. The number of hydrogen-bond acceptors (Lipinski definition) is 3. The van der Waals surface area contributed by atoms with Gasteiger partial charge in [-0.2, -0.15) is 4.98 Å². The van der Waals surface area contributed by atoms with Gasteiger partial charge < -0.3 is 9.80 Å². The number of rotatable bonds is 5. The molecule has 0 spiro atoms. The molecule has 0 unspecified atom stereocenters. The molecule has 3 N–H and O–H groups in total. The average Bonchev–Trinajstić information content (AvgIpc) is 3.09. The van der Waals surface area contributed by atoms with E-state index in [0.717, 1.165) is 50.7 Å². The summed E-state index contributed by atoms with van der Waals surface area (Å²) in [6, 6.07) is 12.8. The van der Waals surface area contributed by atoms with Crippen LogP contribution in [-0.4, -0.2) is 40.9 Å². The zero-order valence-electron chi connectivity index (χ0n) is 15.6. The molecule has 4 rings (SSSR count). The van der Waals surface area contributed by atoms with Crippen molar-refractivity contribution in [2.75, 3.05) is 31.1 Å². The van der Waals surface area contributed by atoms with E-state index in [0.29, 0.717) is 4.77 Å². The Morgan fingerprint density at radius 3 is 2.48 bits per heavy atom. The highest BCUT2D eigenvalue weighted by Crippen LogP contribution is 2.16. The van der Waals surface area contributed by atoms with E-state index in [2.05, 4.69) is 63.3 Å². The molecule has 27 heavy (non-hydrogen) atoms. The van der Waals surface area contributed by atoms with Crippen molar-refractivity contribution in [3.8, 4) is 11.4 Å². The minimum atomic E-state index is 0.623. The maximum Gasteiger partial charge on any atom is 0.221 e. The number of H-pyrrole nitrogens is 2. The van der Waals surface area contributed by atoms with Crippen LogP contribution in [-0.2, 0) is 13.1 Å². The molecule has 7 heteroatoms. The van der Waals surface area contributed by atoms with E-state index in [1.54, 1.807) is 0 Å². The third-order valence-corrected chi connectivity index (χ3v) is 5.54. The van der Waals surface area contributed by atoms with Crippen molar-refractivity contribution in [3.05, 3.63) is 59.1 Å². The predicted octanol–water partition coefficient (Wildman–Crippen LogP) is 1.35. The van der Waals surface area contributed by atoms with Crippen molar-refractivity contribution in [2.45, 2.75) is 20.0 Å². The Morgan fingerprint density at radius 2 is 1.81 bits per heavy atom. The highest BCUT2D eigenvalue weighted by Gasteiger charge is 2.21. The number of aromatic amines is 2. The van der Waals surface area contributed by atoms with Gasteiger partial charge in [0.15, 0.2) is 24.9 Å². The fourth-order valence-corrected chi connectivity index (χ4v) is 3.74. The quantitative estimate of drug-likeness (QED) is 0.655. The highest BCUT2D eigenvalue weighted by molar-refractivity contribution is 7.71. The number of aryl methyl sites for hydroxylation is 1. The molecule has 0 radical (unpaired) electrons. The van der Waals surface area contributed by atoms with Crippen molar-refractivity contribution in [1.82, 2.24) is 14.8 Å². The van der Waals surface area contributed by atoms with Gasteiger partial charge in [0.2, 0.25) is 4.77 Å². The Balaban J connectivity index is 1.40. The second-order valence-electron chi connectivity index (χ2n) is 6.99. The normalized spacial score (nSPS) is 15.2. The number of nitrogens with one attached hydrogen (secondary N) is 3. The third kappa shape index (κ3) is 4.09. The van der Waals surface area contributed by atoms with Crippen LogP contribution in [0.5, 0.6) is 0 Å². The lowest BCUT2D eigenvalue weighted by Gasteiger charge is -2.33. The van der Waals surface area contributed by atoms with Crippen LogP contribution in [0.3, 0.4) is 0 Å². The van der Waals surface area contributed by atoms with Gasteiger partial charge in [-0.1, -0.05) is 31.2 Å². The number of hydrogen-bond donors (Lipinski definition) is 2. The monoisotopic (exact) mass is 382 g/mol. The second-order valence-corrected chi connectivity index (χ2v) is 7.35. The molecule has 140 valence electrons. The lowest BCUT2D eigenvalue weighted by molar-refractivity contribution is -0.924. The Kier molecular flexibility index (Phi) is 5.31. The molecule has 0 amide bonds. The Labute approximate surface area is 164 Å². The number of benzene rings is 1. The van der Waals surface area contributed by atoms with Gasteiger partial charge in [-0.15, -0.1) is 0 Å². The minimum absolute atomic E-state index is 0.623. The van der Waals surface area contributed by atoms with Crippen molar-refractivity contribution in [2.24, 2.45) is 0 Å². The lowest BCUT2D eigenvalue weighted by atomic mass is 10.1. The first-order valence-electron chi connectivity index (χ1n) is 9.53. The van der Waals surface area contributed by atoms with Gasteiger partial charge in [-0.3, -0.25) is 5.10 Å². The molecule has 0 atom stereocenters. The second kappa shape index (κ2) is 8.02. The molecule has 0 saturated carbocycles. The summed E-state index contributed by atoms with van der Waals surface area (Å²) in [7, 11) is 0. The van der Waals surface area contributed by atoms with Gasteiger partial charge in [0, 0.05) is 23.4 Å². The van der Waals surface area contributed by atoms with E-state index in [4.69, 9.17) is 12.2 Å². The van der Waals surface area contributed by atoms with Gasteiger partial charge in [0.05, 0.1) is 26.2 Å². The summed E-state index contributed by atoms with van der Waals surface area (Å²) in [5.74, 6) is 0.848. The summed E-state index contributed by atoms with van der Waals surface area (Å²) in [5, 5.41) is 3.39. The number of pyridine rings is 1. The standard InChI is InChI=1S/C20H24N6S/c1-2-16-3-5-17(6-4-16)19-22-20(27)26(23-19)15-24-11-13-25(14-12-24)18-7-9-21-10-8-18/h3-10H,2,11-15H2,1H3,(H,22,23,27)/p+2. The Hall–Kier alpha value is -2.51. The van der Waals surface area contributed by atoms with Crippen LogP contribution in [0.25, 0.3) is 11.4 Å². The first-order chi connectivity index (χ1) is 13.2. The number of aromatic nitrogens is 4. The largest absolute Gasteiger partial charge is 0.360 e. The maximum absolute atomic E-state index is 5.48. The van der Waals surface area contributed by atoms with Gasteiger partial charge in [0.1, 0.15) is 0 Å². The van der Waals surface area contributed by atoms with Crippen LogP contribution in [0, 0.1) is 4.77 Å². The molecule has 0 bridgehead atoms. The van der Waals surface area contributed by atoms with Crippen molar-refractivity contribution in [3.63, 3.8) is 0 Å². The van der Waals surface area contributed by atoms with Crippen LogP contribution < -0.4 is 14.8 Å². The van der Waals surface area contributed by atoms with Gasteiger partial charge in [-0.25, -0.2) is 9.67 Å². The number of quaternary nitrogens is 1. The van der Waals surface area contributed by atoms with Crippen LogP contribution in [0.15, 0.2) is 48.8 Å². The summed E-state index contributed by atoms with van der Waals surface area (Å²) in [6.07, 6.45) is 5.00. The molecule has 1 fully saturated rings. The highest BCUT2D eigenvalue weighted by atomic mass is 32.1. The fourth-order valence-electron chi connectivity index (χ4n) is 3.54. The summed E-state index contributed by atoms with van der Waals surface area (Å²) in [6.45, 7) is 7.25. The molecule has 0 aliphatic carbocycles. The summed E-state index contributed by atoms with van der Waals surface area (Å²) in [5.41, 5.74) is 3.69. The molecular weight excluding hydrogens is 356 g/mol. The average molecular weight is 383 g/mol. The SMILES string of the molecule is CCc1ccc(-c2nc(=S)n(C[NH+]3CCN(c4cc[nH+]cc4)CC3)[nH]2)cc1. The molecule has 1 aliphatic heterocycles. The summed E-state index contributed by atoms with van der Waals surface area (Å²) >= 11 is 5.48. The minimum Gasteiger partial charge on any atom is -0.360 e. The third-order valence-electron chi connectivity index (χ3n) is 5.23. The first kappa shape index (κ1) is 17.9. The molecular formula is C20H26N6S+2. The van der Waals surface area contributed by atoms with Gasteiger partial charge >= 0.3 is 0 Å². The first-order valence-corrected chi connectivity index (χ1v) is 9.94. The smallest absolute Gasteiger partial charge is 0.221 e. The van der Waals surface area contributed by atoms with E-state index in [9.17, 15) is 0 Å². The van der Waals surface area contributed by atoms with Crippen molar-refractivity contribution >= 4 is 17.9 Å². The van der Waals surface area contributed by atoms with Crippen LogP contribution in [0.2, 0.25) is 0 Å². The van der Waals surface area contributed by atoms with Gasteiger partial charge in [0.25, 0.3) is 0 Å². The zero-order valence-corrected chi connectivity index (χ0v) is 16.4. The molecule has 1 saturated heterocycles. The van der Waals surface area contributed by atoms with E-state index in [1.165, 1.54) is 16.2 Å². The summed E-state index contributed by atoms with van der Waals surface area (Å²) < 4.78 is 2.62. The van der Waals surface area contributed by atoms with Crippen LogP contribution in [0.4, 0.5) is 5.69 Å². The number of piperazine rings is 1. The van der Waals surface area contributed by atoms with Crippen LogP contribution in [0.1, 0.15) is 12.5 Å². The molecule has 1 aliphatic rings. The Bertz CT molecular complexity index is 923. The molecule has 3 heterocycles. The van der Waals surface area contributed by atoms with Crippen LogP contribution >= 0.6 is 12.2 Å². The molecule has 6 nitrogen and oxygen atoms in total. The lowest BCUT2D eigenvalue weighted by Crippen LogP contribution is -3.14. The van der Waals surface area contributed by atoms with E-state index >= 15 is 0 Å². The van der Waals surface area contributed by atoms with E-state index < -0.39 is 0 Å². The molecule has 3 aromatic rings. The predicted molar refractivity (Wildman–Crippen MR) is 108 cm³/mol. The van der Waals surface area contributed by atoms with Crippen molar-refractivity contribution in [1.29, 1.82) is 0 Å². The van der Waals surface area contributed by atoms with Gasteiger partial charge in [-0.05, 0) is 24.2 Å². The zero-order chi connectivity index (χ0) is 18.6. The molecule has 2 aromatic heterocycles.